The first kappa shape index (κ1) is 20.3. The highest BCUT2D eigenvalue weighted by Crippen LogP contribution is 2.23. The fourth-order valence-corrected chi connectivity index (χ4v) is 4.23. The van der Waals surface area contributed by atoms with Crippen LogP contribution in [0.25, 0.3) is 6.08 Å². The smallest absolute Gasteiger partial charge is 0.263 e. The lowest BCUT2D eigenvalue weighted by atomic mass is 10.2. The summed E-state index contributed by atoms with van der Waals surface area (Å²) in [6, 6.07) is 10.8. The van der Waals surface area contributed by atoms with Gasteiger partial charge in [-0.2, -0.15) is 0 Å². The summed E-state index contributed by atoms with van der Waals surface area (Å²) >= 11 is 13.0. The number of anilines is 2. The van der Waals surface area contributed by atoms with E-state index in [0.717, 1.165) is 5.56 Å². The summed E-state index contributed by atoms with van der Waals surface area (Å²) in [5, 5.41) is 5.43. The predicted octanol–water partition coefficient (Wildman–Crippen LogP) is 4.90. The van der Waals surface area contributed by atoms with Crippen LogP contribution in [-0.4, -0.2) is 19.3 Å². The summed E-state index contributed by atoms with van der Waals surface area (Å²) in [5.41, 5.74) is 1.18. The average molecular weight is 454 g/mol. The number of carbonyl (C=O) groups is 1. The molecule has 3 rings (SSSR count). The Bertz CT molecular complexity index is 1110. The number of rotatable bonds is 6. The molecule has 0 saturated heterocycles. The molecule has 0 unspecified atom stereocenters. The minimum Gasteiger partial charge on any atom is -0.323 e. The summed E-state index contributed by atoms with van der Waals surface area (Å²) in [5.74, 6) is -0.373. The molecule has 0 spiro atoms. The molecule has 0 fully saturated rings. The van der Waals surface area contributed by atoms with E-state index in [9.17, 15) is 13.2 Å². The molecule has 2 N–H and O–H groups in total. The van der Waals surface area contributed by atoms with Crippen LogP contribution >= 0.6 is 34.5 Å². The highest BCUT2D eigenvalue weighted by atomic mass is 35.5. The Hall–Kier alpha value is -2.39. The monoisotopic (exact) mass is 453 g/mol. The topological polar surface area (TPSA) is 88.2 Å². The van der Waals surface area contributed by atoms with Crippen molar-refractivity contribution in [3.63, 3.8) is 0 Å². The van der Waals surface area contributed by atoms with Crippen molar-refractivity contribution in [2.45, 2.75) is 4.90 Å². The molecule has 0 aliphatic heterocycles. The number of hydrogen-bond donors (Lipinski definition) is 2. The zero-order chi connectivity index (χ0) is 20.1. The summed E-state index contributed by atoms with van der Waals surface area (Å²) < 4.78 is 26.9. The maximum Gasteiger partial charge on any atom is 0.263 e. The predicted molar refractivity (Wildman–Crippen MR) is 113 cm³/mol. The van der Waals surface area contributed by atoms with Gasteiger partial charge in [-0.3, -0.25) is 9.52 Å². The van der Waals surface area contributed by atoms with Crippen LogP contribution in [0.15, 0.2) is 65.0 Å². The number of nitrogens with one attached hydrogen (secondary N) is 2. The molecule has 28 heavy (non-hydrogen) atoms. The first-order valence-corrected chi connectivity index (χ1v) is 10.9. The second kappa shape index (κ2) is 8.74. The lowest BCUT2D eigenvalue weighted by Crippen LogP contribution is -2.13. The third-order valence-corrected chi connectivity index (χ3v) is 6.37. The van der Waals surface area contributed by atoms with Gasteiger partial charge < -0.3 is 5.32 Å². The van der Waals surface area contributed by atoms with Crippen LogP contribution in [0.4, 0.5) is 10.8 Å². The highest BCUT2D eigenvalue weighted by molar-refractivity contribution is 7.93. The Morgan fingerprint density at radius 2 is 1.82 bits per heavy atom. The minimum absolute atomic E-state index is 0.0621. The van der Waals surface area contributed by atoms with Gasteiger partial charge in [-0.05, 0) is 48.0 Å². The molecule has 0 saturated carbocycles. The van der Waals surface area contributed by atoms with Crippen molar-refractivity contribution in [3.05, 3.63) is 75.7 Å². The van der Waals surface area contributed by atoms with E-state index in [-0.39, 0.29) is 15.9 Å². The number of carbonyl (C=O) groups excluding carboxylic acids is 1. The first-order chi connectivity index (χ1) is 13.3. The maximum atomic E-state index is 12.3. The van der Waals surface area contributed by atoms with E-state index in [4.69, 9.17) is 23.2 Å². The number of amides is 1. The zero-order valence-corrected chi connectivity index (χ0v) is 17.2. The number of benzene rings is 2. The van der Waals surface area contributed by atoms with Gasteiger partial charge in [0.25, 0.3) is 10.0 Å². The summed E-state index contributed by atoms with van der Waals surface area (Å²) in [6.07, 6.45) is 4.44. The fraction of sp³-hybridized carbons (Fsp3) is 0. The van der Waals surface area contributed by atoms with Gasteiger partial charge in [0.15, 0.2) is 5.13 Å². The molecule has 2 aromatic carbocycles. The van der Waals surface area contributed by atoms with E-state index < -0.39 is 10.0 Å². The third kappa shape index (κ3) is 5.32. The van der Waals surface area contributed by atoms with Gasteiger partial charge in [0.05, 0.1) is 14.9 Å². The Morgan fingerprint density at radius 1 is 1.07 bits per heavy atom. The number of halogens is 2. The van der Waals surface area contributed by atoms with Crippen LogP contribution in [0.2, 0.25) is 10.0 Å². The summed E-state index contributed by atoms with van der Waals surface area (Å²) in [7, 11) is -3.73. The van der Waals surface area contributed by atoms with Gasteiger partial charge in [-0.25, -0.2) is 13.4 Å². The van der Waals surface area contributed by atoms with E-state index in [1.54, 1.807) is 29.7 Å². The standard InChI is InChI=1S/C18H13Cl2N3O3S2/c19-15-7-1-12(11-16(15)20)2-8-17(24)22-13-3-5-14(6-4-13)28(25,26)23-18-21-9-10-27-18/h1-11H,(H,21,23)(H,22,24)/b8-2+. The van der Waals surface area contributed by atoms with Gasteiger partial charge >= 0.3 is 0 Å². The number of hydrogen-bond acceptors (Lipinski definition) is 5. The van der Waals surface area contributed by atoms with E-state index >= 15 is 0 Å². The van der Waals surface area contributed by atoms with E-state index in [2.05, 4.69) is 15.0 Å². The lowest BCUT2D eigenvalue weighted by Gasteiger charge is -2.07. The van der Waals surface area contributed by atoms with Gasteiger partial charge in [0, 0.05) is 23.3 Å². The molecule has 10 heteroatoms. The molecular weight excluding hydrogens is 441 g/mol. The third-order valence-electron chi connectivity index (χ3n) is 3.46. The van der Waals surface area contributed by atoms with Crippen molar-refractivity contribution in [2.75, 3.05) is 10.0 Å². The van der Waals surface area contributed by atoms with Crippen LogP contribution in [0.3, 0.4) is 0 Å². The van der Waals surface area contributed by atoms with E-state index in [1.807, 2.05) is 0 Å². The van der Waals surface area contributed by atoms with Gasteiger partial charge in [0.1, 0.15) is 0 Å². The molecule has 6 nitrogen and oxygen atoms in total. The SMILES string of the molecule is O=C(/C=C/c1ccc(Cl)c(Cl)c1)Nc1ccc(S(=O)(=O)Nc2nccs2)cc1. The molecule has 1 amide bonds. The largest absolute Gasteiger partial charge is 0.323 e. The Balaban J connectivity index is 1.64. The van der Waals surface area contributed by atoms with Crippen LogP contribution in [0.5, 0.6) is 0 Å². The molecule has 0 aliphatic carbocycles. The van der Waals surface area contributed by atoms with Gasteiger partial charge in [-0.1, -0.05) is 29.3 Å². The Morgan fingerprint density at radius 3 is 2.46 bits per heavy atom. The molecule has 0 radical (unpaired) electrons. The number of thiazole rings is 1. The van der Waals surface area contributed by atoms with Crippen molar-refractivity contribution < 1.29 is 13.2 Å². The lowest BCUT2D eigenvalue weighted by molar-refractivity contribution is -0.111. The van der Waals surface area contributed by atoms with E-state index in [1.165, 1.54) is 47.9 Å². The van der Waals surface area contributed by atoms with Crippen molar-refractivity contribution in [3.8, 4) is 0 Å². The van der Waals surface area contributed by atoms with E-state index in [0.29, 0.717) is 15.7 Å². The van der Waals surface area contributed by atoms with Crippen LogP contribution < -0.4 is 10.0 Å². The molecule has 0 aliphatic rings. The van der Waals surface area contributed by atoms with Crippen LogP contribution in [-0.2, 0) is 14.8 Å². The quantitative estimate of drug-likeness (QED) is 0.519. The highest BCUT2D eigenvalue weighted by Gasteiger charge is 2.15. The fourth-order valence-electron chi connectivity index (χ4n) is 2.14. The van der Waals surface area contributed by atoms with Crippen LogP contribution in [0, 0.1) is 0 Å². The summed E-state index contributed by atoms with van der Waals surface area (Å²) in [6.45, 7) is 0. The Kier molecular flexibility index (Phi) is 6.35. The minimum atomic E-state index is -3.73. The summed E-state index contributed by atoms with van der Waals surface area (Å²) in [4.78, 5) is 16.0. The zero-order valence-electron chi connectivity index (χ0n) is 14.1. The molecule has 3 aromatic rings. The average Bonchev–Trinajstić information content (AvgIpc) is 3.15. The molecular formula is C18H13Cl2N3O3S2. The first-order valence-electron chi connectivity index (χ1n) is 7.80. The second-order valence-electron chi connectivity index (χ2n) is 5.46. The molecule has 0 bridgehead atoms. The second-order valence-corrected chi connectivity index (χ2v) is 8.85. The van der Waals surface area contributed by atoms with Crippen LogP contribution in [0.1, 0.15) is 5.56 Å². The van der Waals surface area contributed by atoms with Crippen molar-refractivity contribution in [1.82, 2.24) is 4.98 Å². The van der Waals surface area contributed by atoms with Crippen molar-refractivity contribution in [2.24, 2.45) is 0 Å². The van der Waals surface area contributed by atoms with Gasteiger partial charge in [0.2, 0.25) is 5.91 Å². The van der Waals surface area contributed by atoms with Crippen molar-refractivity contribution >= 4 is 67.4 Å². The number of aromatic nitrogens is 1. The molecule has 1 heterocycles. The number of nitrogens with zero attached hydrogens (tertiary/aromatic N) is 1. The molecule has 144 valence electrons. The number of sulfonamides is 1. The maximum absolute atomic E-state index is 12.3. The normalized spacial score (nSPS) is 11.5. The van der Waals surface area contributed by atoms with Gasteiger partial charge in [-0.15, -0.1) is 11.3 Å². The molecule has 1 aromatic heterocycles. The Labute approximate surface area is 175 Å². The van der Waals surface area contributed by atoms with Crippen molar-refractivity contribution in [1.29, 1.82) is 0 Å². The molecule has 0 atom stereocenters.